The van der Waals surface area contributed by atoms with E-state index in [2.05, 4.69) is 36.1 Å². The molecule has 1 fully saturated rings. The van der Waals surface area contributed by atoms with Crippen molar-refractivity contribution in [1.82, 2.24) is 9.80 Å². The van der Waals surface area contributed by atoms with Crippen LogP contribution in [0.4, 0.5) is 0 Å². The highest BCUT2D eigenvalue weighted by atomic mass is 35.5. The van der Waals surface area contributed by atoms with Crippen LogP contribution in [-0.2, 0) is 6.54 Å². The lowest BCUT2D eigenvalue weighted by Gasteiger charge is -2.35. The summed E-state index contributed by atoms with van der Waals surface area (Å²) in [6, 6.07) is 11.7. The number of ether oxygens (including phenoxy) is 1. The molecule has 6 heteroatoms. The van der Waals surface area contributed by atoms with E-state index in [4.69, 9.17) is 27.9 Å². The van der Waals surface area contributed by atoms with E-state index in [1.54, 1.807) is 12.1 Å². The molecule has 0 N–H and O–H groups in total. The number of rotatable bonds is 4. The van der Waals surface area contributed by atoms with Gasteiger partial charge >= 0.3 is 0 Å². The summed E-state index contributed by atoms with van der Waals surface area (Å²) in [6.45, 7) is 6.11. The molecular formula is C20H22Cl2N2O2. The standard InChI is InChI=1S/C20H22Cl2N2O2/c1-14-5-3-4-6-15(14)13-23-7-9-24(10-8-23)20(25)16-11-17(21)19(26-2)18(22)12-16/h3-6,11-12H,7-10,13H2,1-2H3. The van der Waals surface area contributed by atoms with Crippen molar-refractivity contribution in [2.24, 2.45) is 0 Å². The maximum Gasteiger partial charge on any atom is 0.254 e. The van der Waals surface area contributed by atoms with Crippen molar-refractivity contribution >= 4 is 29.1 Å². The molecule has 0 saturated carbocycles. The van der Waals surface area contributed by atoms with Crippen LogP contribution in [0.1, 0.15) is 21.5 Å². The third kappa shape index (κ3) is 4.14. The zero-order valence-electron chi connectivity index (χ0n) is 15.0. The first-order chi connectivity index (χ1) is 12.5. The smallest absolute Gasteiger partial charge is 0.254 e. The van der Waals surface area contributed by atoms with E-state index in [1.807, 2.05) is 4.90 Å². The number of amides is 1. The molecule has 2 aromatic carbocycles. The van der Waals surface area contributed by atoms with Gasteiger partial charge in [-0.25, -0.2) is 0 Å². The Morgan fingerprint density at radius 1 is 1.08 bits per heavy atom. The summed E-state index contributed by atoms with van der Waals surface area (Å²) in [5, 5.41) is 0.697. The van der Waals surface area contributed by atoms with E-state index in [9.17, 15) is 4.79 Å². The Morgan fingerprint density at radius 2 is 1.69 bits per heavy atom. The van der Waals surface area contributed by atoms with E-state index in [-0.39, 0.29) is 5.91 Å². The zero-order chi connectivity index (χ0) is 18.7. The summed E-state index contributed by atoms with van der Waals surface area (Å²) in [7, 11) is 1.50. The van der Waals surface area contributed by atoms with Crippen LogP contribution in [0.3, 0.4) is 0 Å². The van der Waals surface area contributed by atoms with Crippen LogP contribution < -0.4 is 4.74 Å². The molecule has 0 atom stereocenters. The SMILES string of the molecule is COc1c(Cl)cc(C(=O)N2CCN(Cc3ccccc3C)CC2)cc1Cl. The van der Waals surface area contributed by atoms with E-state index in [0.717, 1.165) is 19.6 Å². The van der Waals surface area contributed by atoms with E-state index < -0.39 is 0 Å². The fourth-order valence-corrected chi connectivity index (χ4v) is 3.84. The molecule has 0 aromatic heterocycles. The third-order valence-electron chi connectivity index (χ3n) is 4.76. The van der Waals surface area contributed by atoms with Gasteiger partial charge in [0.2, 0.25) is 0 Å². The Morgan fingerprint density at radius 3 is 2.27 bits per heavy atom. The molecule has 3 rings (SSSR count). The monoisotopic (exact) mass is 392 g/mol. The number of benzene rings is 2. The van der Waals surface area contributed by atoms with Crippen LogP contribution in [0.5, 0.6) is 5.75 Å². The van der Waals surface area contributed by atoms with Crippen LogP contribution in [-0.4, -0.2) is 49.0 Å². The molecule has 0 bridgehead atoms. The lowest BCUT2D eigenvalue weighted by Crippen LogP contribution is -2.48. The van der Waals surface area contributed by atoms with E-state index in [1.165, 1.54) is 18.2 Å². The largest absolute Gasteiger partial charge is 0.494 e. The summed E-state index contributed by atoms with van der Waals surface area (Å²) in [5.74, 6) is 0.347. The first kappa shape index (κ1) is 19.0. The summed E-state index contributed by atoms with van der Waals surface area (Å²) in [4.78, 5) is 17.0. The van der Waals surface area contributed by atoms with Crippen LogP contribution in [0.2, 0.25) is 10.0 Å². The molecule has 1 heterocycles. The van der Waals surface area contributed by atoms with Gasteiger partial charge in [0.05, 0.1) is 17.2 Å². The Bertz CT molecular complexity index is 779. The molecule has 26 heavy (non-hydrogen) atoms. The molecule has 1 aliphatic heterocycles. The Balaban J connectivity index is 1.63. The normalized spacial score (nSPS) is 15.2. The fourth-order valence-electron chi connectivity index (χ4n) is 3.20. The molecule has 0 unspecified atom stereocenters. The van der Waals surface area contributed by atoms with Gasteiger partial charge in [-0.3, -0.25) is 9.69 Å². The molecule has 2 aromatic rings. The molecule has 1 amide bonds. The first-order valence-electron chi connectivity index (χ1n) is 8.58. The molecule has 0 radical (unpaired) electrons. The Hall–Kier alpha value is -1.75. The quantitative estimate of drug-likeness (QED) is 0.778. The summed E-state index contributed by atoms with van der Waals surface area (Å²) in [6.07, 6.45) is 0. The molecule has 138 valence electrons. The number of aryl methyl sites for hydroxylation is 1. The number of hydrogen-bond acceptors (Lipinski definition) is 3. The van der Waals surface area contributed by atoms with Gasteiger partial charge in [-0.15, -0.1) is 0 Å². The van der Waals surface area contributed by atoms with Crippen LogP contribution in [0.15, 0.2) is 36.4 Å². The minimum Gasteiger partial charge on any atom is -0.494 e. The van der Waals surface area contributed by atoms with Gasteiger partial charge in [0, 0.05) is 38.3 Å². The van der Waals surface area contributed by atoms with Crippen LogP contribution >= 0.6 is 23.2 Å². The van der Waals surface area contributed by atoms with Crippen LogP contribution in [0.25, 0.3) is 0 Å². The Kier molecular flexibility index (Phi) is 6.07. The number of piperazine rings is 1. The third-order valence-corrected chi connectivity index (χ3v) is 5.33. The van der Waals surface area contributed by atoms with Crippen LogP contribution in [0, 0.1) is 6.92 Å². The minimum absolute atomic E-state index is 0.0491. The summed E-state index contributed by atoms with van der Waals surface area (Å²) >= 11 is 12.3. The summed E-state index contributed by atoms with van der Waals surface area (Å²) < 4.78 is 5.14. The van der Waals surface area contributed by atoms with Crippen molar-refractivity contribution in [2.45, 2.75) is 13.5 Å². The van der Waals surface area contributed by atoms with Gasteiger partial charge in [0.25, 0.3) is 5.91 Å². The Labute approximate surface area is 164 Å². The second-order valence-corrected chi connectivity index (χ2v) is 7.28. The minimum atomic E-state index is -0.0491. The van der Waals surface area contributed by atoms with Crippen molar-refractivity contribution in [3.05, 3.63) is 63.1 Å². The number of hydrogen-bond donors (Lipinski definition) is 0. The van der Waals surface area contributed by atoms with Crippen molar-refractivity contribution < 1.29 is 9.53 Å². The molecular weight excluding hydrogens is 371 g/mol. The van der Waals surface area contributed by atoms with E-state index >= 15 is 0 Å². The van der Waals surface area contributed by atoms with Gasteiger partial charge in [-0.1, -0.05) is 47.5 Å². The first-order valence-corrected chi connectivity index (χ1v) is 9.34. The highest BCUT2D eigenvalue weighted by Gasteiger charge is 2.24. The van der Waals surface area contributed by atoms with Gasteiger partial charge in [-0.2, -0.15) is 0 Å². The number of carbonyl (C=O) groups excluding carboxylic acids is 1. The van der Waals surface area contributed by atoms with Crippen molar-refractivity contribution in [1.29, 1.82) is 0 Å². The van der Waals surface area contributed by atoms with Gasteiger partial charge in [0.15, 0.2) is 5.75 Å². The van der Waals surface area contributed by atoms with Crippen molar-refractivity contribution in [2.75, 3.05) is 33.3 Å². The van der Waals surface area contributed by atoms with Crippen molar-refractivity contribution in [3.63, 3.8) is 0 Å². The maximum absolute atomic E-state index is 12.8. The number of nitrogens with zero attached hydrogens (tertiary/aromatic N) is 2. The molecule has 1 saturated heterocycles. The maximum atomic E-state index is 12.8. The predicted molar refractivity (Wildman–Crippen MR) is 105 cm³/mol. The molecule has 0 aliphatic carbocycles. The number of halogens is 2. The molecule has 0 spiro atoms. The second kappa shape index (κ2) is 8.30. The number of carbonyl (C=O) groups is 1. The lowest BCUT2D eigenvalue weighted by molar-refractivity contribution is 0.0628. The van der Waals surface area contributed by atoms with Gasteiger partial charge in [0.1, 0.15) is 0 Å². The average Bonchev–Trinajstić information content (AvgIpc) is 2.63. The van der Waals surface area contributed by atoms with E-state index in [0.29, 0.717) is 34.4 Å². The summed E-state index contributed by atoms with van der Waals surface area (Å²) in [5.41, 5.74) is 3.13. The van der Waals surface area contributed by atoms with Gasteiger partial charge < -0.3 is 9.64 Å². The lowest BCUT2D eigenvalue weighted by atomic mass is 10.1. The molecule has 1 aliphatic rings. The average molecular weight is 393 g/mol. The predicted octanol–water partition coefficient (Wildman–Crippen LogP) is 4.27. The highest BCUT2D eigenvalue weighted by Crippen LogP contribution is 2.34. The number of methoxy groups -OCH3 is 1. The second-order valence-electron chi connectivity index (χ2n) is 6.47. The highest BCUT2D eigenvalue weighted by molar-refractivity contribution is 6.37. The van der Waals surface area contributed by atoms with Gasteiger partial charge in [-0.05, 0) is 30.2 Å². The zero-order valence-corrected chi connectivity index (χ0v) is 16.5. The fraction of sp³-hybridized carbons (Fsp3) is 0.350. The molecule has 4 nitrogen and oxygen atoms in total. The topological polar surface area (TPSA) is 32.8 Å². The van der Waals surface area contributed by atoms with Crippen molar-refractivity contribution in [3.8, 4) is 5.75 Å².